The minimum Gasteiger partial charge on any atom is -0.253 e. The van der Waals surface area contributed by atoms with Crippen LogP contribution in [0.15, 0.2) is 45.6 Å². The highest BCUT2D eigenvalue weighted by atomic mass is 79.9. The second-order valence-corrected chi connectivity index (χ2v) is 7.61. The monoisotopic (exact) mass is 474 g/mol. The Morgan fingerprint density at radius 3 is 1.46 bits per heavy atom. The molecule has 126 valence electrons. The first-order valence-corrected chi connectivity index (χ1v) is 9.09. The number of hydrogen-bond donors (Lipinski definition) is 0. The highest BCUT2D eigenvalue weighted by Gasteiger charge is 2.16. The minimum atomic E-state index is -0.958. The molecule has 0 fully saturated rings. The fourth-order valence-corrected chi connectivity index (χ4v) is 3.71. The third-order valence-electron chi connectivity index (χ3n) is 4.15. The lowest BCUT2D eigenvalue weighted by molar-refractivity contribution is 0.510. The van der Waals surface area contributed by atoms with E-state index in [1.807, 2.05) is 12.1 Å². The fourth-order valence-electron chi connectivity index (χ4n) is 3.04. The minimum absolute atomic E-state index is 0.278. The van der Waals surface area contributed by atoms with Gasteiger partial charge in [0.15, 0.2) is 11.6 Å². The Balaban J connectivity index is 2.11. The van der Waals surface area contributed by atoms with Crippen molar-refractivity contribution in [3.8, 4) is 0 Å². The molecule has 0 saturated carbocycles. The number of halogens is 4. The zero-order chi connectivity index (χ0) is 18.0. The van der Waals surface area contributed by atoms with Gasteiger partial charge in [-0.25, -0.2) is 18.7 Å². The third-order valence-corrected chi connectivity index (χ3v) is 5.02. The van der Waals surface area contributed by atoms with Crippen LogP contribution in [0.5, 0.6) is 0 Å². The van der Waals surface area contributed by atoms with Gasteiger partial charge in [0.25, 0.3) is 0 Å². The average Bonchev–Trinajstić information content (AvgIpc) is 2.61. The summed E-state index contributed by atoms with van der Waals surface area (Å²) >= 11 is 6.83. The molecule has 0 unspecified atom stereocenters. The van der Waals surface area contributed by atoms with E-state index in [2.05, 4.69) is 51.8 Å². The lowest BCUT2D eigenvalue weighted by atomic mass is 10.1. The van der Waals surface area contributed by atoms with Gasteiger partial charge in [-0.1, -0.05) is 0 Å². The molecular formula is C18H6Br2F2N4. The second kappa shape index (κ2) is 5.59. The molecule has 0 saturated heterocycles. The predicted octanol–water partition coefficient (Wildman–Crippen LogP) is 5.68. The summed E-state index contributed by atoms with van der Waals surface area (Å²) in [4.78, 5) is 18.1. The molecule has 0 spiro atoms. The topological polar surface area (TPSA) is 51.6 Å². The molecule has 0 amide bonds. The molecule has 8 heteroatoms. The van der Waals surface area contributed by atoms with Crippen molar-refractivity contribution in [3.63, 3.8) is 0 Å². The van der Waals surface area contributed by atoms with Crippen LogP contribution < -0.4 is 0 Å². The summed E-state index contributed by atoms with van der Waals surface area (Å²) in [6.07, 6.45) is 3.36. The van der Waals surface area contributed by atoms with Gasteiger partial charge in [-0.3, -0.25) is 9.97 Å². The molecule has 26 heavy (non-hydrogen) atoms. The maximum atomic E-state index is 13.7. The van der Waals surface area contributed by atoms with E-state index in [-0.39, 0.29) is 11.0 Å². The molecule has 0 atom stereocenters. The summed E-state index contributed by atoms with van der Waals surface area (Å²) < 4.78 is 28.9. The van der Waals surface area contributed by atoms with Crippen LogP contribution in [-0.2, 0) is 0 Å². The number of nitrogens with zero attached hydrogens (tertiary/aromatic N) is 4. The van der Waals surface area contributed by atoms with Crippen molar-refractivity contribution in [2.24, 2.45) is 0 Å². The molecule has 0 radical (unpaired) electrons. The van der Waals surface area contributed by atoms with Crippen LogP contribution in [-0.4, -0.2) is 19.9 Å². The maximum absolute atomic E-state index is 13.7. The Bertz CT molecular complexity index is 1280. The summed E-state index contributed by atoms with van der Waals surface area (Å²) in [6, 6.07) is 5.85. The first-order valence-electron chi connectivity index (χ1n) is 7.50. The van der Waals surface area contributed by atoms with E-state index < -0.39 is 11.6 Å². The highest BCUT2D eigenvalue weighted by molar-refractivity contribution is 9.10. The maximum Gasteiger partial charge on any atom is 0.161 e. The first-order chi connectivity index (χ1) is 12.5. The van der Waals surface area contributed by atoms with Gasteiger partial charge in [-0.2, -0.15) is 0 Å². The molecule has 4 nitrogen and oxygen atoms in total. The Morgan fingerprint density at radius 1 is 0.615 bits per heavy atom. The van der Waals surface area contributed by atoms with Crippen LogP contribution in [0, 0.1) is 11.6 Å². The van der Waals surface area contributed by atoms with Gasteiger partial charge in [0.2, 0.25) is 0 Å². The lowest BCUT2D eigenvalue weighted by Crippen LogP contribution is -1.96. The van der Waals surface area contributed by atoms with Crippen molar-refractivity contribution >= 4 is 75.7 Å². The molecule has 3 heterocycles. The summed E-state index contributed by atoms with van der Waals surface area (Å²) in [5, 5.41) is 1.46. The molecule has 0 aliphatic rings. The van der Waals surface area contributed by atoms with Crippen LogP contribution in [0.1, 0.15) is 0 Å². The standard InChI is InChI=1S/C18H6Br2F2N4/c19-7-1-9-15(23-5-7)16-10(2-8(20)6-24-16)18-17(9)25-13-3-11(21)12(22)4-14(13)26-18/h1-6H. The Hall–Kier alpha value is -2.32. The van der Waals surface area contributed by atoms with Gasteiger partial charge < -0.3 is 0 Å². The first kappa shape index (κ1) is 15.9. The average molecular weight is 476 g/mol. The quantitative estimate of drug-likeness (QED) is 0.213. The number of hydrogen-bond acceptors (Lipinski definition) is 4. The van der Waals surface area contributed by atoms with Crippen LogP contribution in [0.25, 0.3) is 43.9 Å². The summed E-state index contributed by atoms with van der Waals surface area (Å²) in [6.45, 7) is 0. The number of aromatic nitrogens is 4. The van der Waals surface area contributed by atoms with Crippen molar-refractivity contribution in [2.75, 3.05) is 0 Å². The van der Waals surface area contributed by atoms with Gasteiger partial charge in [-0.05, 0) is 44.0 Å². The molecule has 2 aromatic carbocycles. The number of benzene rings is 2. The zero-order valence-corrected chi connectivity index (χ0v) is 15.9. The van der Waals surface area contributed by atoms with Crippen molar-refractivity contribution in [1.82, 2.24) is 19.9 Å². The largest absolute Gasteiger partial charge is 0.253 e. The third kappa shape index (κ3) is 2.29. The van der Waals surface area contributed by atoms with Crippen LogP contribution >= 0.6 is 31.9 Å². The van der Waals surface area contributed by atoms with Crippen molar-refractivity contribution in [2.45, 2.75) is 0 Å². The van der Waals surface area contributed by atoms with E-state index in [4.69, 9.17) is 0 Å². The Labute approximate surface area is 161 Å². The van der Waals surface area contributed by atoms with Crippen LogP contribution in [0.4, 0.5) is 8.78 Å². The summed E-state index contributed by atoms with van der Waals surface area (Å²) in [5.41, 5.74) is 3.00. The fraction of sp³-hybridized carbons (Fsp3) is 0. The normalized spacial score (nSPS) is 11.8. The van der Waals surface area contributed by atoms with E-state index in [1.165, 1.54) is 0 Å². The molecule has 3 aromatic heterocycles. The summed E-state index contributed by atoms with van der Waals surface area (Å²) in [5.74, 6) is -1.92. The SMILES string of the molecule is Fc1cc2nc3c4cc(Br)cnc4c4ncc(Br)cc4c3nc2cc1F. The number of rotatable bonds is 0. The van der Waals surface area contributed by atoms with Crippen molar-refractivity contribution in [3.05, 3.63) is 57.2 Å². The van der Waals surface area contributed by atoms with Gasteiger partial charge in [0.1, 0.15) is 0 Å². The van der Waals surface area contributed by atoms with E-state index in [9.17, 15) is 8.78 Å². The van der Waals surface area contributed by atoms with Crippen molar-refractivity contribution in [1.29, 1.82) is 0 Å². The van der Waals surface area contributed by atoms with E-state index in [0.717, 1.165) is 31.9 Å². The molecule has 0 N–H and O–H groups in total. The second-order valence-electron chi connectivity index (χ2n) is 5.78. The molecule has 0 aliphatic heterocycles. The molecule has 0 aliphatic carbocycles. The van der Waals surface area contributed by atoms with Gasteiger partial charge in [-0.15, -0.1) is 0 Å². The molecule has 0 bridgehead atoms. The zero-order valence-electron chi connectivity index (χ0n) is 12.8. The predicted molar refractivity (Wildman–Crippen MR) is 103 cm³/mol. The highest BCUT2D eigenvalue weighted by Crippen LogP contribution is 2.34. The lowest BCUT2D eigenvalue weighted by Gasteiger charge is -2.10. The van der Waals surface area contributed by atoms with Gasteiger partial charge in [0, 0.05) is 44.2 Å². The Kier molecular flexibility index (Phi) is 3.42. The van der Waals surface area contributed by atoms with Crippen LogP contribution in [0.3, 0.4) is 0 Å². The van der Waals surface area contributed by atoms with Gasteiger partial charge in [0.05, 0.1) is 33.1 Å². The molecular weight excluding hydrogens is 470 g/mol. The Morgan fingerprint density at radius 2 is 1.04 bits per heavy atom. The molecule has 5 rings (SSSR count). The van der Waals surface area contributed by atoms with Crippen LogP contribution in [0.2, 0.25) is 0 Å². The van der Waals surface area contributed by atoms with Gasteiger partial charge >= 0.3 is 0 Å². The molecule has 5 aromatic rings. The van der Waals surface area contributed by atoms with E-state index in [1.54, 1.807) is 12.4 Å². The van der Waals surface area contributed by atoms with E-state index in [0.29, 0.717) is 22.1 Å². The number of fused-ring (bicyclic) bond motifs is 7. The van der Waals surface area contributed by atoms with Crippen molar-refractivity contribution < 1.29 is 8.78 Å². The number of pyridine rings is 2. The van der Waals surface area contributed by atoms with E-state index >= 15 is 0 Å². The smallest absolute Gasteiger partial charge is 0.161 e. The summed E-state index contributed by atoms with van der Waals surface area (Å²) in [7, 11) is 0.